The lowest BCUT2D eigenvalue weighted by molar-refractivity contribution is 1.11. The van der Waals surface area contributed by atoms with Gasteiger partial charge < -0.3 is 11.1 Å². The van der Waals surface area contributed by atoms with Crippen molar-refractivity contribution in [3.05, 3.63) is 52.1 Å². The fraction of sp³-hybridized carbons (Fsp3) is 0.0833. The number of nitrogens with zero attached hydrogens (tertiary/aromatic N) is 1. The maximum Gasteiger partial charge on any atom is 0.151 e. The van der Waals surface area contributed by atoms with Crippen LogP contribution in [0.25, 0.3) is 0 Å². The minimum absolute atomic E-state index is 0.404. The number of benzene rings is 1. The Kier molecular flexibility index (Phi) is 3.71. The Morgan fingerprint density at radius 3 is 2.65 bits per heavy atom. The summed E-state index contributed by atoms with van der Waals surface area (Å²) in [5.41, 5.74) is 7.31. The molecule has 2 aromatic rings. The third kappa shape index (κ3) is 3.02. The number of rotatable bonds is 3. The summed E-state index contributed by atoms with van der Waals surface area (Å²) in [4.78, 5) is 4.10. The zero-order valence-corrected chi connectivity index (χ0v) is 10.5. The first-order valence-corrected chi connectivity index (χ1v) is 5.81. The van der Waals surface area contributed by atoms with Crippen molar-refractivity contribution in [2.45, 2.75) is 6.54 Å². The van der Waals surface area contributed by atoms with Crippen molar-refractivity contribution in [2.24, 2.45) is 0 Å². The Hall–Kier alpha value is -1.45. The largest absolute Gasteiger partial charge is 0.396 e. The quantitative estimate of drug-likeness (QED) is 0.836. The van der Waals surface area contributed by atoms with Gasteiger partial charge in [-0.15, -0.1) is 0 Å². The van der Waals surface area contributed by atoms with Crippen LogP contribution < -0.4 is 11.1 Å². The van der Waals surface area contributed by atoms with Crippen LogP contribution in [0.3, 0.4) is 0 Å². The molecule has 0 saturated heterocycles. The number of nitrogens with one attached hydrogen (secondary N) is 1. The van der Waals surface area contributed by atoms with Crippen molar-refractivity contribution < 1.29 is 0 Å². The van der Waals surface area contributed by atoms with Gasteiger partial charge in [-0.1, -0.05) is 41.4 Å². The maximum atomic E-state index is 6.04. The number of anilines is 2. The molecule has 0 aliphatic rings. The third-order valence-electron chi connectivity index (χ3n) is 2.30. The van der Waals surface area contributed by atoms with E-state index >= 15 is 0 Å². The molecule has 0 radical (unpaired) electrons. The Labute approximate surface area is 110 Å². The van der Waals surface area contributed by atoms with E-state index in [1.807, 2.05) is 24.3 Å². The van der Waals surface area contributed by atoms with Gasteiger partial charge in [0, 0.05) is 11.6 Å². The van der Waals surface area contributed by atoms with Gasteiger partial charge in [0.15, 0.2) is 5.82 Å². The molecule has 0 fully saturated rings. The second-order valence-electron chi connectivity index (χ2n) is 3.52. The molecular formula is C12H11Cl2N3. The van der Waals surface area contributed by atoms with E-state index in [0.29, 0.717) is 28.2 Å². The molecule has 3 N–H and O–H groups in total. The molecule has 0 aliphatic carbocycles. The predicted molar refractivity (Wildman–Crippen MR) is 72.4 cm³/mol. The molecule has 1 aromatic heterocycles. The van der Waals surface area contributed by atoms with Crippen molar-refractivity contribution >= 4 is 34.7 Å². The number of nitrogen functional groups attached to an aromatic ring is 1. The van der Waals surface area contributed by atoms with Crippen molar-refractivity contribution in [2.75, 3.05) is 11.1 Å². The molecule has 0 amide bonds. The Morgan fingerprint density at radius 2 is 1.88 bits per heavy atom. The summed E-state index contributed by atoms with van der Waals surface area (Å²) in [5, 5.41) is 4.22. The molecule has 0 unspecified atom stereocenters. The maximum absolute atomic E-state index is 6.04. The summed E-state index contributed by atoms with van der Waals surface area (Å²) in [7, 11) is 0. The van der Waals surface area contributed by atoms with Crippen LogP contribution in [-0.2, 0) is 6.54 Å². The Bertz CT molecular complexity index is 529. The highest BCUT2D eigenvalue weighted by Crippen LogP contribution is 2.21. The molecule has 0 aliphatic heterocycles. The molecule has 0 spiro atoms. The van der Waals surface area contributed by atoms with Crippen LogP contribution in [0.15, 0.2) is 36.4 Å². The Balaban J connectivity index is 2.12. The number of nitrogens with two attached hydrogens (primary N) is 1. The second kappa shape index (κ2) is 5.25. The smallest absolute Gasteiger partial charge is 0.151 e. The van der Waals surface area contributed by atoms with Gasteiger partial charge in [-0.05, 0) is 23.8 Å². The van der Waals surface area contributed by atoms with Gasteiger partial charge in [-0.3, -0.25) is 0 Å². The van der Waals surface area contributed by atoms with Crippen LogP contribution in [0.2, 0.25) is 10.2 Å². The van der Waals surface area contributed by atoms with Crippen LogP contribution in [0.1, 0.15) is 5.56 Å². The van der Waals surface area contributed by atoms with E-state index in [-0.39, 0.29) is 0 Å². The average molecular weight is 268 g/mol. The Morgan fingerprint density at radius 1 is 1.12 bits per heavy atom. The first-order chi connectivity index (χ1) is 8.16. The van der Waals surface area contributed by atoms with Gasteiger partial charge in [0.1, 0.15) is 5.15 Å². The van der Waals surface area contributed by atoms with Gasteiger partial charge in [-0.2, -0.15) is 0 Å². The zero-order chi connectivity index (χ0) is 12.3. The topological polar surface area (TPSA) is 50.9 Å². The molecule has 0 bridgehead atoms. The second-order valence-corrected chi connectivity index (χ2v) is 4.31. The number of hydrogen-bond donors (Lipinski definition) is 2. The van der Waals surface area contributed by atoms with E-state index in [4.69, 9.17) is 28.9 Å². The average Bonchev–Trinajstić information content (AvgIpc) is 2.32. The molecule has 0 atom stereocenters. The summed E-state index contributed by atoms with van der Waals surface area (Å²) in [6.45, 7) is 0.553. The number of pyridine rings is 1. The first kappa shape index (κ1) is 12.0. The van der Waals surface area contributed by atoms with Crippen molar-refractivity contribution in [3.8, 4) is 0 Å². The number of aromatic nitrogens is 1. The fourth-order valence-corrected chi connectivity index (χ4v) is 1.76. The standard InChI is InChI=1S/C12H11Cl2N3/c13-9-4-2-1-3-8(9)7-16-12-10(15)5-6-11(14)17-12/h1-6H,7,15H2,(H,16,17). The van der Waals surface area contributed by atoms with Crippen LogP contribution in [0.5, 0.6) is 0 Å². The SMILES string of the molecule is Nc1ccc(Cl)nc1NCc1ccccc1Cl. The highest BCUT2D eigenvalue weighted by atomic mass is 35.5. The summed E-state index contributed by atoms with van der Waals surface area (Å²) < 4.78 is 0. The predicted octanol–water partition coefficient (Wildman–Crippen LogP) is 3.58. The molecule has 1 heterocycles. The first-order valence-electron chi connectivity index (χ1n) is 5.06. The van der Waals surface area contributed by atoms with E-state index in [0.717, 1.165) is 5.56 Å². The molecule has 17 heavy (non-hydrogen) atoms. The third-order valence-corrected chi connectivity index (χ3v) is 2.88. The highest BCUT2D eigenvalue weighted by Gasteiger charge is 2.03. The summed E-state index contributed by atoms with van der Waals surface area (Å²) in [6.07, 6.45) is 0. The van der Waals surface area contributed by atoms with Gasteiger partial charge in [0.05, 0.1) is 5.69 Å². The molecule has 2 rings (SSSR count). The number of hydrogen-bond acceptors (Lipinski definition) is 3. The summed E-state index contributed by atoms with van der Waals surface area (Å²) >= 11 is 11.8. The normalized spacial score (nSPS) is 10.2. The zero-order valence-electron chi connectivity index (χ0n) is 8.95. The van der Waals surface area contributed by atoms with Crippen LogP contribution in [-0.4, -0.2) is 4.98 Å². The van der Waals surface area contributed by atoms with Crippen LogP contribution in [0, 0.1) is 0 Å². The lowest BCUT2D eigenvalue weighted by Gasteiger charge is -2.09. The molecule has 1 aromatic carbocycles. The lowest BCUT2D eigenvalue weighted by atomic mass is 10.2. The van der Waals surface area contributed by atoms with Crippen LogP contribution in [0.4, 0.5) is 11.5 Å². The monoisotopic (exact) mass is 267 g/mol. The summed E-state index contributed by atoms with van der Waals surface area (Å²) in [6, 6.07) is 11.0. The minimum atomic E-state index is 0.404. The van der Waals surface area contributed by atoms with Crippen LogP contribution >= 0.6 is 23.2 Å². The van der Waals surface area contributed by atoms with E-state index in [9.17, 15) is 0 Å². The van der Waals surface area contributed by atoms with Gasteiger partial charge in [0.2, 0.25) is 0 Å². The van der Waals surface area contributed by atoms with Crippen molar-refractivity contribution in [1.29, 1.82) is 0 Å². The van der Waals surface area contributed by atoms with Crippen molar-refractivity contribution in [3.63, 3.8) is 0 Å². The fourth-order valence-electron chi connectivity index (χ4n) is 1.41. The highest BCUT2D eigenvalue weighted by molar-refractivity contribution is 6.31. The van der Waals surface area contributed by atoms with Crippen molar-refractivity contribution in [1.82, 2.24) is 4.98 Å². The van der Waals surface area contributed by atoms with E-state index in [2.05, 4.69) is 10.3 Å². The van der Waals surface area contributed by atoms with E-state index < -0.39 is 0 Å². The van der Waals surface area contributed by atoms with Gasteiger partial charge in [0.25, 0.3) is 0 Å². The lowest BCUT2D eigenvalue weighted by Crippen LogP contribution is -2.04. The van der Waals surface area contributed by atoms with E-state index in [1.165, 1.54) is 0 Å². The molecule has 3 nitrogen and oxygen atoms in total. The van der Waals surface area contributed by atoms with Gasteiger partial charge >= 0.3 is 0 Å². The minimum Gasteiger partial charge on any atom is -0.396 e. The van der Waals surface area contributed by atoms with E-state index in [1.54, 1.807) is 12.1 Å². The summed E-state index contributed by atoms with van der Waals surface area (Å²) in [5.74, 6) is 0.567. The molecule has 5 heteroatoms. The molecule has 88 valence electrons. The van der Waals surface area contributed by atoms with Gasteiger partial charge in [-0.25, -0.2) is 4.98 Å². The molecule has 0 saturated carbocycles. The number of halogens is 2. The molecular weight excluding hydrogens is 257 g/mol.